The van der Waals surface area contributed by atoms with Gasteiger partial charge in [0, 0.05) is 17.6 Å². The topological polar surface area (TPSA) is 55.1 Å². The SMILES string of the molecule is Cc1ccc(C)n1-c1cccnc1C(=O)O. The van der Waals surface area contributed by atoms with Crippen LogP contribution in [0.2, 0.25) is 0 Å². The Bertz CT molecular complexity index is 524. The molecule has 4 nitrogen and oxygen atoms in total. The summed E-state index contributed by atoms with van der Waals surface area (Å²) in [7, 11) is 0. The minimum atomic E-state index is -1.01. The number of pyridine rings is 1. The molecule has 2 rings (SSSR count). The van der Waals surface area contributed by atoms with Crippen LogP contribution in [0.3, 0.4) is 0 Å². The molecule has 0 aliphatic carbocycles. The molecule has 16 heavy (non-hydrogen) atoms. The van der Waals surface area contributed by atoms with E-state index in [1.807, 2.05) is 30.5 Å². The molecule has 0 unspecified atom stereocenters. The molecule has 2 aromatic rings. The number of carbonyl (C=O) groups is 1. The predicted octanol–water partition coefficient (Wildman–Crippen LogP) is 2.19. The highest BCUT2D eigenvalue weighted by Gasteiger charge is 2.14. The molecule has 0 aliphatic heterocycles. The molecule has 2 aromatic heterocycles. The summed E-state index contributed by atoms with van der Waals surface area (Å²) >= 11 is 0. The first-order valence-corrected chi connectivity index (χ1v) is 4.95. The molecule has 0 radical (unpaired) electrons. The normalized spacial score (nSPS) is 10.4. The monoisotopic (exact) mass is 216 g/mol. The fourth-order valence-corrected chi connectivity index (χ4v) is 1.79. The zero-order valence-electron chi connectivity index (χ0n) is 9.14. The van der Waals surface area contributed by atoms with E-state index in [1.54, 1.807) is 12.1 Å². The number of hydrogen-bond acceptors (Lipinski definition) is 2. The van der Waals surface area contributed by atoms with Crippen LogP contribution in [0.5, 0.6) is 0 Å². The summed E-state index contributed by atoms with van der Waals surface area (Å²) < 4.78 is 1.89. The first-order chi connectivity index (χ1) is 7.61. The zero-order chi connectivity index (χ0) is 11.7. The third kappa shape index (κ3) is 1.58. The first kappa shape index (κ1) is 10.4. The van der Waals surface area contributed by atoms with Crippen LogP contribution >= 0.6 is 0 Å². The van der Waals surface area contributed by atoms with Crippen LogP contribution < -0.4 is 0 Å². The average Bonchev–Trinajstić information content (AvgIpc) is 2.58. The maximum absolute atomic E-state index is 11.1. The lowest BCUT2D eigenvalue weighted by Crippen LogP contribution is -2.09. The van der Waals surface area contributed by atoms with E-state index in [4.69, 9.17) is 5.11 Å². The van der Waals surface area contributed by atoms with Gasteiger partial charge in [0.15, 0.2) is 5.69 Å². The molecule has 0 aliphatic rings. The van der Waals surface area contributed by atoms with Crippen LogP contribution in [0, 0.1) is 13.8 Å². The minimum absolute atomic E-state index is 0.0740. The van der Waals surface area contributed by atoms with Gasteiger partial charge >= 0.3 is 5.97 Å². The number of aromatic nitrogens is 2. The molecule has 0 atom stereocenters. The van der Waals surface area contributed by atoms with Gasteiger partial charge in [0.1, 0.15) is 0 Å². The highest BCUT2D eigenvalue weighted by Crippen LogP contribution is 2.18. The fraction of sp³-hybridized carbons (Fsp3) is 0.167. The van der Waals surface area contributed by atoms with Crippen molar-refractivity contribution in [1.29, 1.82) is 0 Å². The summed E-state index contributed by atoms with van der Waals surface area (Å²) in [6, 6.07) is 7.40. The Balaban J connectivity index is 2.69. The van der Waals surface area contributed by atoms with Crippen LogP contribution in [0.1, 0.15) is 21.9 Å². The number of hydrogen-bond donors (Lipinski definition) is 1. The van der Waals surface area contributed by atoms with E-state index in [2.05, 4.69) is 4.98 Å². The van der Waals surface area contributed by atoms with Gasteiger partial charge in [-0.3, -0.25) is 0 Å². The van der Waals surface area contributed by atoms with E-state index in [0.29, 0.717) is 5.69 Å². The standard InChI is InChI=1S/C12H12N2O2/c1-8-5-6-9(2)14(8)10-4-3-7-13-11(10)12(15)16/h3-7H,1-2H3,(H,15,16). The molecule has 0 saturated heterocycles. The molecule has 0 saturated carbocycles. The van der Waals surface area contributed by atoms with E-state index in [-0.39, 0.29) is 5.69 Å². The molecule has 0 spiro atoms. The number of aromatic carboxylic acids is 1. The van der Waals surface area contributed by atoms with Crippen molar-refractivity contribution in [3.05, 3.63) is 47.5 Å². The van der Waals surface area contributed by atoms with Crippen molar-refractivity contribution >= 4 is 5.97 Å². The fourth-order valence-electron chi connectivity index (χ4n) is 1.79. The zero-order valence-corrected chi connectivity index (χ0v) is 9.14. The van der Waals surface area contributed by atoms with E-state index in [1.165, 1.54) is 6.20 Å². The smallest absolute Gasteiger partial charge is 0.356 e. The Morgan fingerprint density at radius 1 is 1.25 bits per heavy atom. The van der Waals surface area contributed by atoms with E-state index >= 15 is 0 Å². The van der Waals surface area contributed by atoms with Gasteiger partial charge in [-0.25, -0.2) is 9.78 Å². The van der Waals surface area contributed by atoms with E-state index in [0.717, 1.165) is 11.4 Å². The van der Waals surface area contributed by atoms with E-state index in [9.17, 15) is 4.79 Å². The van der Waals surface area contributed by atoms with Crippen molar-refractivity contribution in [3.8, 4) is 5.69 Å². The first-order valence-electron chi connectivity index (χ1n) is 4.95. The predicted molar refractivity (Wildman–Crippen MR) is 60.0 cm³/mol. The van der Waals surface area contributed by atoms with Gasteiger partial charge in [-0.05, 0) is 38.1 Å². The average molecular weight is 216 g/mol. The molecule has 82 valence electrons. The summed E-state index contributed by atoms with van der Waals surface area (Å²) in [5.74, 6) is -1.01. The summed E-state index contributed by atoms with van der Waals surface area (Å²) in [5, 5.41) is 9.07. The maximum atomic E-state index is 11.1. The molecule has 0 aromatic carbocycles. The third-order valence-corrected chi connectivity index (χ3v) is 2.50. The van der Waals surface area contributed by atoms with Gasteiger partial charge in [-0.1, -0.05) is 0 Å². The van der Waals surface area contributed by atoms with Gasteiger partial charge in [0.2, 0.25) is 0 Å². The van der Waals surface area contributed by atoms with Crippen molar-refractivity contribution < 1.29 is 9.90 Å². The lowest BCUT2D eigenvalue weighted by molar-refractivity contribution is 0.0690. The van der Waals surface area contributed by atoms with Crippen molar-refractivity contribution in [2.24, 2.45) is 0 Å². The number of nitrogens with zero attached hydrogens (tertiary/aromatic N) is 2. The largest absolute Gasteiger partial charge is 0.476 e. The van der Waals surface area contributed by atoms with Gasteiger partial charge < -0.3 is 9.67 Å². The van der Waals surface area contributed by atoms with Crippen LogP contribution in [0.4, 0.5) is 0 Å². The van der Waals surface area contributed by atoms with Crippen LogP contribution in [-0.4, -0.2) is 20.6 Å². The van der Waals surface area contributed by atoms with Gasteiger partial charge in [0.25, 0.3) is 0 Å². The van der Waals surface area contributed by atoms with Crippen molar-refractivity contribution in [3.63, 3.8) is 0 Å². The maximum Gasteiger partial charge on any atom is 0.356 e. The van der Waals surface area contributed by atoms with Gasteiger partial charge in [-0.2, -0.15) is 0 Å². The number of aryl methyl sites for hydroxylation is 2. The molecule has 2 heterocycles. The van der Waals surface area contributed by atoms with Crippen molar-refractivity contribution in [1.82, 2.24) is 9.55 Å². The quantitative estimate of drug-likeness (QED) is 0.837. The summed E-state index contributed by atoms with van der Waals surface area (Å²) in [6.45, 7) is 3.87. The molecule has 0 fully saturated rings. The third-order valence-electron chi connectivity index (χ3n) is 2.50. The van der Waals surface area contributed by atoms with Crippen LogP contribution in [0.15, 0.2) is 30.5 Å². The molecule has 4 heteroatoms. The Labute approximate surface area is 93.2 Å². The highest BCUT2D eigenvalue weighted by molar-refractivity contribution is 5.89. The Kier molecular flexibility index (Phi) is 2.48. The number of rotatable bonds is 2. The second-order valence-corrected chi connectivity index (χ2v) is 3.63. The Hall–Kier alpha value is -2.10. The van der Waals surface area contributed by atoms with E-state index < -0.39 is 5.97 Å². The molecule has 0 amide bonds. The molecule has 1 N–H and O–H groups in total. The second kappa shape index (κ2) is 3.81. The molecular formula is C12H12N2O2. The highest BCUT2D eigenvalue weighted by atomic mass is 16.4. The van der Waals surface area contributed by atoms with Crippen LogP contribution in [0.25, 0.3) is 5.69 Å². The van der Waals surface area contributed by atoms with Gasteiger partial charge in [-0.15, -0.1) is 0 Å². The summed E-state index contributed by atoms with van der Waals surface area (Å²) in [5.41, 5.74) is 2.67. The van der Waals surface area contributed by atoms with Crippen molar-refractivity contribution in [2.75, 3.05) is 0 Å². The van der Waals surface area contributed by atoms with Gasteiger partial charge in [0.05, 0.1) is 5.69 Å². The lowest BCUT2D eigenvalue weighted by atomic mass is 10.2. The molecule has 0 bridgehead atoms. The minimum Gasteiger partial charge on any atom is -0.476 e. The Morgan fingerprint density at radius 2 is 1.88 bits per heavy atom. The second-order valence-electron chi connectivity index (χ2n) is 3.63. The lowest BCUT2D eigenvalue weighted by Gasteiger charge is -2.11. The Morgan fingerprint density at radius 3 is 2.44 bits per heavy atom. The summed E-state index contributed by atoms with van der Waals surface area (Å²) in [6.07, 6.45) is 1.49. The summed E-state index contributed by atoms with van der Waals surface area (Å²) in [4.78, 5) is 15.0. The van der Waals surface area contributed by atoms with Crippen molar-refractivity contribution in [2.45, 2.75) is 13.8 Å². The molecular weight excluding hydrogens is 204 g/mol. The number of carboxylic acids is 1. The number of carboxylic acid groups (broad SMARTS) is 1. The van der Waals surface area contributed by atoms with Crippen LogP contribution in [-0.2, 0) is 0 Å².